The molecule has 0 rings (SSSR count). The van der Waals surface area contributed by atoms with Crippen LogP contribution in [-0.4, -0.2) is 9.57 Å². The van der Waals surface area contributed by atoms with Crippen LogP contribution in [0.4, 0.5) is 0 Å². The molecule has 0 spiro atoms. The number of halogens is 2. The van der Waals surface area contributed by atoms with E-state index in [9.17, 15) is 4.79 Å². The van der Waals surface area contributed by atoms with Crippen molar-refractivity contribution < 1.29 is 4.79 Å². The van der Waals surface area contributed by atoms with Crippen LogP contribution in [0.15, 0.2) is 0 Å². The average molecular weight is 160 g/mol. The molecule has 5 heteroatoms. The zero-order valence-electron chi connectivity index (χ0n) is 3.19. The van der Waals surface area contributed by atoms with E-state index >= 15 is 0 Å². The Morgan fingerprint density at radius 1 is 1.71 bits per heavy atom. The Morgan fingerprint density at radius 3 is 1.86 bits per heavy atom. The highest BCUT2D eigenvalue weighted by Crippen LogP contribution is 2.23. The van der Waals surface area contributed by atoms with Crippen LogP contribution in [0.3, 0.4) is 0 Å². The van der Waals surface area contributed by atoms with Crippen molar-refractivity contribution >= 4 is 41.7 Å². The largest absolute Gasteiger partial charge is 0.366 e. The van der Waals surface area contributed by atoms with Crippen LogP contribution in [0.1, 0.15) is 0 Å². The number of hydrogen-bond donors (Lipinski definition) is 2. The van der Waals surface area contributed by atoms with Gasteiger partial charge in [-0.1, -0.05) is 23.2 Å². The predicted molar refractivity (Wildman–Crippen MR) is 32.6 cm³/mol. The molecule has 0 unspecified atom stereocenters. The molecule has 0 heterocycles. The molecule has 2 N–H and O–H groups in total. The average Bonchev–Trinajstić information content (AvgIpc) is 1.31. The van der Waals surface area contributed by atoms with Gasteiger partial charge in [0, 0.05) is 0 Å². The predicted octanol–water partition coefficient (Wildman–Crippen LogP) is 0.533. The fraction of sp³-hybridized carbons (Fsp3) is 0.500. The highest BCUT2D eigenvalue weighted by atomic mass is 35.5. The number of nitrogens with two attached hydrogens (primary N) is 1. The molecule has 1 amide bonds. The topological polar surface area (TPSA) is 43.1 Å². The summed E-state index contributed by atoms with van der Waals surface area (Å²) in [4.78, 5) is 9.90. The van der Waals surface area contributed by atoms with Gasteiger partial charge in [0.25, 0.3) is 5.91 Å². The maximum absolute atomic E-state index is 9.90. The molecule has 42 valence electrons. The van der Waals surface area contributed by atoms with Crippen molar-refractivity contribution in [1.29, 1.82) is 0 Å². The first-order valence-corrected chi connectivity index (χ1v) is 2.55. The minimum absolute atomic E-state index is 0.862. The lowest BCUT2D eigenvalue weighted by atomic mass is 10.7. The molecule has 0 radical (unpaired) electrons. The summed E-state index contributed by atoms with van der Waals surface area (Å²) in [7, 11) is 0. The molecule has 0 atom stereocenters. The maximum atomic E-state index is 9.90. The monoisotopic (exact) mass is 159 g/mol. The van der Waals surface area contributed by atoms with Crippen molar-refractivity contribution in [3.63, 3.8) is 0 Å². The standard InChI is InChI=1S/C2H3Cl2NOS/c3-2(4,7)1(5)6/h7H,(H2,5,6). The molecule has 7 heavy (non-hydrogen) atoms. The summed E-state index contributed by atoms with van der Waals surface area (Å²) in [5, 5.41) is 0. The van der Waals surface area contributed by atoms with E-state index in [0.29, 0.717) is 0 Å². The smallest absolute Gasteiger partial charge is 0.264 e. The molecular weight excluding hydrogens is 157 g/mol. The number of amides is 1. The Bertz CT molecular complexity index is 88.2. The highest BCUT2D eigenvalue weighted by Gasteiger charge is 2.24. The molecule has 0 saturated heterocycles. The quantitative estimate of drug-likeness (QED) is 0.426. The van der Waals surface area contributed by atoms with Crippen LogP contribution < -0.4 is 5.73 Å². The van der Waals surface area contributed by atoms with Crippen LogP contribution in [-0.2, 0) is 4.79 Å². The van der Waals surface area contributed by atoms with E-state index in [1.54, 1.807) is 0 Å². The van der Waals surface area contributed by atoms with Crippen LogP contribution in [0, 0.1) is 0 Å². The maximum Gasteiger partial charge on any atom is 0.264 e. The van der Waals surface area contributed by atoms with Crippen LogP contribution in [0.5, 0.6) is 0 Å². The summed E-state index contributed by atoms with van der Waals surface area (Å²) in [5.74, 6) is -0.862. The number of hydrogen-bond acceptors (Lipinski definition) is 2. The Balaban J connectivity index is 3.79. The van der Waals surface area contributed by atoms with Crippen molar-refractivity contribution in [1.82, 2.24) is 0 Å². The number of carbonyl (C=O) groups is 1. The van der Waals surface area contributed by atoms with Gasteiger partial charge in [0.15, 0.2) is 0 Å². The molecule has 0 aromatic carbocycles. The summed E-state index contributed by atoms with van der Waals surface area (Å²) in [6.45, 7) is 0. The molecule has 0 saturated carbocycles. The lowest BCUT2D eigenvalue weighted by Crippen LogP contribution is -2.27. The first-order valence-electron chi connectivity index (χ1n) is 1.34. The fourth-order valence-corrected chi connectivity index (χ4v) is 0. The second-order valence-electron chi connectivity index (χ2n) is 0.905. The second-order valence-corrected chi connectivity index (χ2v) is 3.43. The van der Waals surface area contributed by atoms with Crippen molar-refractivity contribution in [3.8, 4) is 0 Å². The number of rotatable bonds is 1. The van der Waals surface area contributed by atoms with Gasteiger partial charge in [-0.05, 0) is 0 Å². The summed E-state index contributed by atoms with van der Waals surface area (Å²) in [6.07, 6.45) is 0. The van der Waals surface area contributed by atoms with E-state index in [1.165, 1.54) is 0 Å². The number of thiol groups is 1. The Morgan fingerprint density at radius 2 is 1.86 bits per heavy atom. The summed E-state index contributed by atoms with van der Waals surface area (Å²) in [6, 6.07) is 0. The summed E-state index contributed by atoms with van der Waals surface area (Å²) < 4.78 is -1.72. The SMILES string of the molecule is NC(=O)C(S)(Cl)Cl. The van der Waals surface area contributed by atoms with Gasteiger partial charge in [0.05, 0.1) is 0 Å². The van der Waals surface area contributed by atoms with E-state index in [0.717, 1.165) is 0 Å². The highest BCUT2D eigenvalue weighted by molar-refractivity contribution is 7.86. The normalized spacial score (nSPS) is 11.3. The van der Waals surface area contributed by atoms with E-state index in [-0.39, 0.29) is 0 Å². The second kappa shape index (κ2) is 2.11. The van der Waals surface area contributed by atoms with E-state index in [2.05, 4.69) is 18.4 Å². The molecule has 0 aliphatic rings. The van der Waals surface area contributed by atoms with Crippen molar-refractivity contribution in [2.24, 2.45) is 5.73 Å². The summed E-state index contributed by atoms with van der Waals surface area (Å²) in [5.41, 5.74) is 4.59. The zero-order valence-corrected chi connectivity index (χ0v) is 5.60. The van der Waals surface area contributed by atoms with Gasteiger partial charge in [0.2, 0.25) is 3.67 Å². The van der Waals surface area contributed by atoms with Crippen molar-refractivity contribution in [2.45, 2.75) is 3.67 Å². The van der Waals surface area contributed by atoms with Crippen molar-refractivity contribution in [2.75, 3.05) is 0 Å². The molecule has 0 aromatic rings. The van der Waals surface area contributed by atoms with Gasteiger partial charge in [0.1, 0.15) is 0 Å². The molecule has 0 aromatic heterocycles. The van der Waals surface area contributed by atoms with Crippen LogP contribution >= 0.6 is 35.8 Å². The van der Waals surface area contributed by atoms with Gasteiger partial charge in [-0.15, -0.1) is 12.6 Å². The summed E-state index contributed by atoms with van der Waals surface area (Å²) >= 11 is 13.5. The van der Waals surface area contributed by atoms with E-state index in [1.807, 2.05) is 0 Å². The fourth-order valence-electron chi connectivity index (χ4n) is 0. The molecule has 2 nitrogen and oxygen atoms in total. The number of alkyl halides is 2. The zero-order chi connectivity index (χ0) is 6.08. The first-order chi connectivity index (χ1) is 2.94. The van der Waals surface area contributed by atoms with Crippen LogP contribution in [0.2, 0.25) is 0 Å². The third kappa shape index (κ3) is 3.02. The number of carbonyl (C=O) groups excluding carboxylic acids is 1. The first kappa shape index (κ1) is 7.40. The van der Waals surface area contributed by atoms with Crippen LogP contribution in [0.25, 0.3) is 0 Å². The minimum atomic E-state index is -1.72. The third-order valence-electron chi connectivity index (χ3n) is 0.296. The third-order valence-corrected chi connectivity index (χ3v) is 0.889. The Kier molecular flexibility index (Phi) is 2.23. The molecule has 0 aliphatic carbocycles. The lowest BCUT2D eigenvalue weighted by Gasteiger charge is -2.03. The van der Waals surface area contributed by atoms with Gasteiger partial charge in [-0.25, -0.2) is 0 Å². The molecule has 0 aliphatic heterocycles. The Hall–Kier alpha value is 0.400. The molecular formula is C2H3Cl2NOS. The lowest BCUT2D eigenvalue weighted by molar-refractivity contribution is -0.117. The van der Waals surface area contributed by atoms with Gasteiger partial charge >= 0.3 is 0 Å². The Labute approximate surface area is 56.4 Å². The van der Waals surface area contributed by atoms with Gasteiger partial charge in [-0.3, -0.25) is 4.79 Å². The van der Waals surface area contributed by atoms with Crippen molar-refractivity contribution in [3.05, 3.63) is 0 Å². The van der Waals surface area contributed by atoms with Gasteiger partial charge < -0.3 is 5.73 Å². The van der Waals surface area contributed by atoms with E-state index < -0.39 is 9.57 Å². The van der Waals surface area contributed by atoms with Gasteiger partial charge in [-0.2, -0.15) is 0 Å². The molecule has 0 bridgehead atoms. The minimum Gasteiger partial charge on any atom is -0.366 e. The molecule has 0 fully saturated rings. The number of primary amides is 1. The van der Waals surface area contributed by atoms with E-state index in [4.69, 9.17) is 23.2 Å².